The summed E-state index contributed by atoms with van der Waals surface area (Å²) in [5.41, 5.74) is 7.08. The molecule has 1 aliphatic rings. The van der Waals surface area contributed by atoms with Gasteiger partial charge < -0.3 is 0 Å². The highest BCUT2D eigenvalue weighted by Crippen LogP contribution is 2.32. The first-order chi connectivity index (χ1) is 15.7. The predicted molar refractivity (Wildman–Crippen MR) is 132 cm³/mol. The number of sulfonamides is 1. The van der Waals surface area contributed by atoms with Crippen LogP contribution in [0.25, 0.3) is 10.8 Å². The van der Waals surface area contributed by atoms with Gasteiger partial charge in [0.15, 0.2) is 0 Å². The molecular formula is C26H29N3O3S. The van der Waals surface area contributed by atoms with Crippen molar-refractivity contribution in [1.29, 1.82) is 0 Å². The van der Waals surface area contributed by atoms with Gasteiger partial charge in [-0.05, 0) is 66.1 Å². The average Bonchev–Trinajstić information content (AvgIpc) is 3.19. The minimum absolute atomic E-state index is 0.113. The molecule has 0 heterocycles. The van der Waals surface area contributed by atoms with Gasteiger partial charge in [-0.3, -0.25) is 4.79 Å². The minimum atomic E-state index is -3.84. The van der Waals surface area contributed by atoms with Crippen LogP contribution in [-0.4, -0.2) is 26.6 Å². The van der Waals surface area contributed by atoms with Crippen LogP contribution in [0.1, 0.15) is 42.5 Å². The van der Waals surface area contributed by atoms with Crippen molar-refractivity contribution in [2.75, 3.05) is 0 Å². The van der Waals surface area contributed by atoms with Crippen LogP contribution < -0.4 is 10.1 Å². The van der Waals surface area contributed by atoms with Crippen molar-refractivity contribution in [3.63, 3.8) is 0 Å². The fourth-order valence-corrected chi connectivity index (χ4v) is 5.49. The van der Waals surface area contributed by atoms with Crippen molar-refractivity contribution in [3.8, 4) is 0 Å². The quantitative estimate of drug-likeness (QED) is 0.390. The monoisotopic (exact) mass is 463 g/mol. The fraction of sp³-hybridized carbons (Fsp3) is 0.308. The van der Waals surface area contributed by atoms with E-state index < -0.39 is 22.0 Å². The molecule has 7 heteroatoms. The van der Waals surface area contributed by atoms with Gasteiger partial charge in [0.1, 0.15) is 6.04 Å². The molecule has 3 aromatic carbocycles. The Balaban J connectivity index is 1.51. The number of carbonyl (C=O) groups excluding carboxylic acids is 1. The lowest BCUT2D eigenvalue weighted by atomic mass is 10.0. The molecule has 0 fully saturated rings. The van der Waals surface area contributed by atoms with Crippen LogP contribution in [0, 0.1) is 12.8 Å². The molecule has 3 aromatic rings. The van der Waals surface area contributed by atoms with Crippen molar-refractivity contribution in [1.82, 2.24) is 10.1 Å². The lowest BCUT2D eigenvalue weighted by Gasteiger charge is -2.19. The van der Waals surface area contributed by atoms with E-state index in [0.29, 0.717) is 6.42 Å². The zero-order valence-corrected chi connectivity index (χ0v) is 19.9. The number of benzene rings is 3. The van der Waals surface area contributed by atoms with E-state index in [2.05, 4.69) is 33.4 Å². The third-order valence-electron chi connectivity index (χ3n) is 5.94. The molecule has 1 atom stereocenters. The highest BCUT2D eigenvalue weighted by Gasteiger charge is 2.26. The Kier molecular flexibility index (Phi) is 6.63. The summed E-state index contributed by atoms with van der Waals surface area (Å²) in [7, 11) is -3.84. The Morgan fingerprint density at radius 2 is 1.73 bits per heavy atom. The van der Waals surface area contributed by atoms with Gasteiger partial charge in [-0.15, -0.1) is 0 Å². The second-order valence-corrected chi connectivity index (χ2v) is 10.7. The molecule has 0 aliphatic heterocycles. The Labute approximate surface area is 195 Å². The average molecular weight is 464 g/mol. The van der Waals surface area contributed by atoms with Gasteiger partial charge in [-0.1, -0.05) is 61.9 Å². The van der Waals surface area contributed by atoms with Gasteiger partial charge in [0, 0.05) is 5.56 Å². The largest absolute Gasteiger partial charge is 0.271 e. The Morgan fingerprint density at radius 1 is 1.03 bits per heavy atom. The van der Waals surface area contributed by atoms with Gasteiger partial charge in [-0.25, -0.2) is 13.8 Å². The van der Waals surface area contributed by atoms with E-state index in [4.69, 9.17) is 0 Å². The molecule has 2 N–H and O–H groups in total. The minimum Gasteiger partial charge on any atom is -0.271 e. The van der Waals surface area contributed by atoms with Crippen molar-refractivity contribution in [2.24, 2.45) is 11.0 Å². The molecule has 1 amide bonds. The summed E-state index contributed by atoms with van der Waals surface area (Å²) < 4.78 is 28.2. The molecule has 0 aromatic heterocycles. The Bertz CT molecular complexity index is 1300. The molecule has 6 nitrogen and oxygen atoms in total. The summed E-state index contributed by atoms with van der Waals surface area (Å²) in [5.74, 6) is -0.372. The maximum atomic E-state index is 12.9. The molecule has 172 valence electrons. The number of hydrogen-bond donors (Lipinski definition) is 2. The lowest BCUT2D eigenvalue weighted by molar-refractivity contribution is -0.123. The second-order valence-electron chi connectivity index (χ2n) is 9.00. The van der Waals surface area contributed by atoms with Crippen LogP contribution in [0.4, 0.5) is 0 Å². The van der Waals surface area contributed by atoms with Crippen LogP contribution >= 0.6 is 0 Å². The van der Waals surface area contributed by atoms with Crippen molar-refractivity contribution >= 4 is 32.9 Å². The van der Waals surface area contributed by atoms with Crippen molar-refractivity contribution in [2.45, 2.75) is 51.0 Å². The molecule has 1 aliphatic carbocycles. The number of rotatable bonds is 8. The van der Waals surface area contributed by atoms with Gasteiger partial charge in [0.2, 0.25) is 10.0 Å². The number of amides is 1. The van der Waals surface area contributed by atoms with Crippen LogP contribution in [-0.2, 0) is 27.7 Å². The topological polar surface area (TPSA) is 87.6 Å². The summed E-state index contributed by atoms with van der Waals surface area (Å²) in [4.78, 5) is 13.0. The molecule has 33 heavy (non-hydrogen) atoms. The summed E-state index contributed by atoms with van der Waals surface area (Å²) >= 11 is 0. The molecule has 0 saturated heterocycles. The Hall–Kier alpha value is -3.03. The third-order valence-corrected chi connectivity index (χ3v) is 7.43. The maximum absolute atomic E-state index is 12.9. The van der Waals surface area contributed by atoms with E-state index in [0.717, 1.165) is 29.4 Å². The molecule has 0 unspecified atom stereocenters. The molecule has 0 bridgehead atoms. The molecule has 0 radical (unpaired) electrons. The highest BCUT2D eigenvalue weighted by atomic mass is 32.2. The first-order valence-corrected chi connectivity index (χ1v) is 12.7. The van der Waals surface area contributed by atoms with E-state index in [-0.39, 0.29) is 10.8 Å². The summed E-state index contributed by atoms with van der Waals surface area (Å²) in [5, 5.41) is 6.54. The maximum Gasteiger partial charge on any atom is 0.258 e. The summed E-state index contributed by atoms with van der Waals surface area (Å²) in [6.45, 7) is 5.77. The van der Waals surface area contributed by atoms with E-state index in [1.165, 1.54) is 28.6 Å². The summed E-state index contributed by atoms with van der Waals surface area (Å²) in [6.07, 6.45) is 4.07. The first-order valence-electron chi connectivity index (χ1n) is 11.2. The number of nitrogens with one attached hydrogen (secondary N) is 2. The van der Waals surface area contributed by atoms with E-state index in [9.17, 15) is 13.2 Å². The number of nitrogens with zero attached hydrogens (tertiary/aromatic N) is 1. The predicted octanol–water partition coefficient (Wildman–Crippen LogP) is 4.09. The van der Waals surface area contributed by atoms with Gasteiger partial charge in [-0.2, -0.15) is 9.82 Å². The smallest absolute Gasteiger partial charge is 0.258 e. The van der Waals surface area contributed by atoms with E-state index >= 15 is 0 Å². The Morgan fingerprint density at radius 3 is 2.42 bits per heavy atom. The van der Waals surface area contributed by atoms with Gasteiger partial charge >= 0.3 is 0 Å². The zero-order valence-electron chi connectivity index (χ0n) is 19.1. The van der Waals surface area contributed by atoms with Gasteiger partial charge in [0.05, 0.1) is 11.1 Å². The van der Waals surface area contributed by atoms with Crippen molar-refractivity contribution < 1.29 is 13.2 Å². The van der Waals surface area contributed by atoms with Crippen LogP contribution in [0.2, 0.25) is 0 Å². The van der Waals surface area contributed by atoms with E-state index in [1.54, 1.807) is 18.3 Å². The molecule has 0 saturated carbocycles. The normalized spacial score (nSPS) is 14.3. The zero-order chi connectivity index (χ0) is 23.6. The van der Waals surface area contributed by atoms with E-state index in [1.807, 2.05) is 32.9 Å². The first kappa shape index (κ1) is 23.1. The SMILES string of the molecule is Cc1ccc(S(=O)(=O)N[C@@H](CC(C)C)C(=O)N/N=C\c2ccc3c4c(cccc24)CC3)cc1. The van der Waals surface area contributed by atoms with Crippen LogP contribution in [0.5, 0.6) is 0 Å². The third kappa shape index (κ3) is 5.15. The second kappa shape index (κ2) is 9.45. The molecular weight excluding hydrogens is 434 g/mol. The number of hydrazone groups is 1. The van der Waals surface area contributed by atoms with Crippen molar-refractivity contribution in [3.05, 3.63) is 76.9 Å². The number of aryl methyl sites for hydroxylation is 3. The van der Waals surface area contributed by atoms with Crippen LogP contribution in [0.15, 0.2) is 64.6 Å². The number of hydrogen-bond acceptors (Lipinski definition) is 4. The molecule has 0 spiro atoms. The highest BCUT2D eigenvalue weighted by molar-refractivity contribution is 7.89. The standard InChI is InChI=1S/C26H29N3O3S/c1-17(2)15-24(29-33(31,32)22-13-7-18(3)8-14-22)26(30)28-27-16-21-12-11-20-10-9-19-5-4-6-23(21)25(19)20/h4-8,11-14,16-17,24,29H,9-10,15H2,1-3H3,(H,28,30)/b27-16-/t24-/m0/s1. The van der Waals surface area contributed by atoms with Gasteiger partial charge in [0.25, 0.3) is 5.91 Å². The fourth-order valence-electron chi connectivity index (χ4n) is 4.28. The number of carbonyl (C=O) groups is 1. The van der Waals surface area contributed by atoms with Crippen LogP contribution in [0.3, 0.4) is 0 Å². The lowest BCUT2D eigenvalue weighted by Crippen LogP contribution is -2.46. The summed E-state index contributed by atoms with van der Waals surface area (Å²) in [6, 6.07) is 16.0. The molecule has 4 rings (SSSR count).